The normalized spacial score (nSPS) is 11.6. The quantitative estimate of drug-likeness (QED) is 0.163. The zero-order valence-electron chi connectivity index (χ0n) is 25.4. The van der Waals surface area contributed by atoms with Crippen LogP contribution in [-0.4, -0.2) is 36.4 Å². The molecule has 0 saturated heterocycles. The van der Waals surface area contributed by atoms with Gasteiger partial charge in [-0.2, -0.15) is 12.6 Å². The second-order valence-corrected chi connectivity index (χ2v) is 9.50. The number of hydrogen-bond acceptors (Lipinski definition) is 7. The van der Waals surface area contributed by atoms with Crippen LogP contribution in [0.3, 0.4) is 0 Å². The number of benzene rings is 4. The lowest BCUT2D eigenvalue weighted by Gasteiger charge is -2.25. The van der Waals surface area contributed by atoms with Crippen LogP contribution in [0.2, 0.25) is 0 Å². The Morgan fingerprint density at radius 2 is 1.14 bits per heavy atom. The summed E-state index contributed by atoms with van der Waals surface area (Å²) in [7, 11) is 0. The minimum Gasteiger partial charge on any atom is -0.462 e. The summed E-state index contributed by atoms with van der Waals surface area (Å²) in [6.07, 6.45) is 5.20. The predicted molar refractivity (Wildman–Crippen MR) is 179 cm³/mol. The Labute approximate surface area is 259 Å². The van der Waals surface area contributed by atoms with Crippen molar-refractivity contribution in [3.8, 4) is 11.1 Å². The van der Waals surface area contributed by atoms with E-state index in [0.717, 1.165) is 49.5 Å². The van der Waals surface area contributed by atoms with Gasteiger partial charge < -0.3 is 14.4 Å². The van der Waals surface area contributed by atoms with E-state index in [1.54, 1.807) is 18.6 Å². The number of carbonyl (C=O) groups is 2. The van der Waals surface area contributed by atoms with E-state index >= 15 is 0 Å². The summed E-state index contributed by atoms with van der Waals surface area (Å²) in [5.41, 5.74) is 5.64. The summed E-state index contributed by atoms with van der Waals surface area (Å²) in [4.78, 5) is 33.2. The standard InChI is InChI=1S/C33H28N2O4.C2H6.CH4S/c1-3-38-32(36)26-17-21-9-5-7-11-24(21)30-28(26)19-35(23-13-15-34-16-14-23)20-29-27(33(37)39-4-2)18-22-10-6-8-12-25(22)31(29)30;2*1-2/h5-18H,3-4,19-20H2,1-2H3;1-2H3;2H,1H3. The molecular weight excluding hydrogens is 556 g/mol. The fourth-order valence-corrected chi connectivity index (χ4v) is 5.64. The van der Waals surface area contributed by atoms with Gasteiger partial charge in [0.15, 0.2) is 0 Å². The molecule has 1 aliphatic heterocycles. The molecule has 4 aromatic carbocycles. The Bertz CT molecular complexity index is 1630. The topological polar surface area (TPSA) is 68.7 Å². The summed E-state index contributed by atoms with van der Waals surface area (Å²) < 4.78 is 11.1. The first-order valence-corrected chi connectivity index (χ1v) is 15.5. The van der Waals surface area contributed by atoms with E-state index in [-0.39, 0.29) is 25.2 Å². The number of hydrogen-bond donors (Lipinski definition) is 1. The molecule has 0 N–H and O–H groups in total. The number of aromatic nitrogens is 1. The zero-order chi connectivity index (χ0) is 30.9. The van der Waals surface area contributed by atoms with E-state index in [2.05, 4.69) is 34.6 Å². The first-order chi connectivity index (χ1) is 21.1. The van der Waals surface area contributed by atoms with E-state index in [4.69, 9.17) is 9.47 Å². The summed E-state index contributed by atoms with van der Waals surface area (Å²) in [5, 5.41) is 3.91. The fourth-order valence-electron chi connectivity index (χ4n) is 5.64. The van der Waals surface area contributed by atoms with E-state index < -0.39 is 0 Å². The second-order valence-electron chi connectivity index (χ2n) is 9.50. The molecule has 43 heavy (non-hydrogen) atoms. The lowest BCUT2D eigenvalue weighted by molar-refractivity contribution is 0.0516. The number of thiol groups is 1. The number of ether oxygens (including phenoxy) is 2. The zero-order valence-corrected chi connectivity index (χ0v) is 26.3. The number of carbonyl (C=O) groups excluding carboxylic acids is 2. The number of pyridine rings is 1. The van der Waals surface area contributed by atoms with Gasteiger partial charge in [-0.25, -0.2) is 9.59 Å². The van der Waals surface area contributed by atoms with Crippen LogP contribution < -0.4 is 4.90 Å². The average molecular weight is 595 g/mol. The van der Waals surface area contributed by atoms with Gasteiger partial charge in [0.25, 0.3) is 0 Å². The molecule has 1 aliphatic rings. The molecule has 222 valence electrons. The molecule has 0 aliphatic carbocycles. The van der Waals surface area contributed by atoms with Gasteiger partial charge in [0, 0.05) is 31.2 Å². The largest absolute Gasteiger partial charge is 0.462 e. The minimum atomic E-state index is -0.358. The van der Waals surface area contributed by atoms with Crippen molar-refractivity contribution in [2.75, 3.05) is 24.4 Å². The molecule has 1 aromatic heterocycles. The van der Waals surface area contributed by atoms with Gasteiger partial charge in [0.1, 0.15) is 0 Å². The van der Waals surface area contributed by atoms with Gasteiger partial charge in [-0.3, -0.25) is 4.98 Å². The third kappa shape index (κ3) is 6.22. The van der Waals surface area contributed by atoms with Crippen molar-refractivity contribution in [3.05, 3.63) is 107 Å². The maximum Gasteiger partial charge on any atom is 0.338 e. The lowest BCUT2D eigenvalue weighted by Crippen LogP contribution is -2.23. The van der Waals surface area contributed by atoms with Gasteiger partial charge >= 0.3 is 11.9 Å². The maximum absolute atomic E-state index is 13.4. The number of rotatable bonds is 5. The number of anilines is 1. The van der Waals surface area contributed by atoms with E-state index in [9.17, 15) is 9.59 Å². The first-order valence-electron chi connectivity index (χ1n) is 14.6. The lowest BCUT2D eigenvalue weighted by atomic mass is 9.84. The SMILES string of the molecule is CC.CCOC(=O)c1cc2ccccc2c2c1CN(c1ccncc1)Cc1c(C(=O)OCC)cc3ccccc3c1-2.CS. The number of nitrogens with zero attached hydrogens (tertiary/aromatic N) is 2. The van der Waals surface area contributed by atoms with Crippen molar-refractivity contribution in [3.63, 3.8) is 0 Å². The molecule has 2 heterocycles. The predicted octanol–water partition coefficient (Wildman–Crippen LogP) is 8.50. The van der Waals surface area contributed by atoms with Gasteiger partial charge in [-0.05, 0) is 88.2 Å². The summed E-state index contributed by atoms with van der Waals surface area (Å²) in [5.74, 6) is -0.716. The van der Waals surface area contributed by atoms with E-state index in [1.807, 2.05) is 88.4 Å². The Balaban J connectivity index is 0.00000102. The van der Waals surface area contributed by atoms with Crippen molar-refractivity contribution in [2.45, 2.75) is 40.8 Å². The molecule has 5 aromatic rings. The Morgan fingerprint density at radius 3 is 1.56 bits per heavy atom. The highest BCUT2D eigenvalue weighted by molar-refractivity contribution is 7.79. The van der Waals surface area contributed by atoms with Crippen molar-refractivity contribution in [1.82, 2.24) is 4.98 Å². The van der Waals surface area contributed by atoms with Gasteiger partial charge in [-0.1, -0.05) is 62.4 Å². The van der Waals surface area contributed by atoms with Crippen molar-refractivity contribution in [1.29, 1.82) is 0 Å². The Morgan fingerprint density at radius 1 is 0.721 bits per heavy atom. The minimum absolute atomic E-state index is 0.279. The van der Waals surface area contributed by atoms with Crippen molar-refractivity contribution < 1.29 is 19.1 Å². The van der Waals surface area contributed by atoms with Gasteiger partial charge in [-0.15, -0.1) is 0 Å². The molecule has 0 fully saturated rings. The molecule has 0 unspecified atom stereocenters. The van der Waals surface area contributed by atoms with Crippen LogP contribution in [0.25, 0.3) is 32.7 Å². The van der Waals surface area contributed by atoms with E-state index in [0.29, 0.717) is 24.2 Å². The summed E-state index contributed by atoms with van der Waals surface area (Å²) in [6, 6.07) is 23.9. The van der Waals surface area contributed by atoms with Crippen molar-refractivity contribution >= 4 is 51.8 Å². The van der Waals surface area contributed by atoms with E-state index in [1.165, 1.54) is 0 Å². The summed E-state index contributed by atoms with van der Waals surface area (Å²) >= 11 is 3.53. The third-order valence-electron chi connectivity index (χ3n) is 7.28. The highest BCUT2D eigenvalue weighted by Crippen LogP contribution is 2.45. The number of fused-ring (bicyclic) bond motifs is 7. The number of esters is 2. The first kappa shape index (κ1) is 31.6. The van der Waals surface area contributed by atoms with Crippen LogP contribution in [0.4, 0.5) is 5.69 Å². The Kier molecular flexibility index (Phi) is 10.8. The van der Waals surface area contributed by atoms with Crippen LogP contribution in [-0.2, 0) is 22.6 Å². The molecule has 0 spiro atoms. The molecular formula is C36H38N2O4S. The second kappa shape index (κ2) is 14.7. The van der Waals surface area contributed by atoms with Crippen LogP contribution >= 0.6 is 12.6 Å². The molecule has 6 nitrogen and oxygen atoms in total. The monoisotopic (exact) mass is 594 g/mol. The molecule has 0 amide bonds. The van der Waals surface area contributed by atoms with Crippen LogP contribution in [0.1, 0.15) is 59.5 Å². The molecule has 0 radical (unpaired) electrons. The fraction of sp³-hybridized carbons (Fsp3) is 0.250. The van der Waals surface area contributed by atoms with Crippen LogP contribution in [0.5, 0.6) is 0 Å². The highest BCUT2D eigenvalue weighted by Gasteiger charge is 2.31. The van der Waals surface area contributed by atoms with Gasteiger partial charge in [0.05, 0.1) is 24.3 Å². The molecule has 6 rings (SSSR count). The molecule has 0 saturated carbocycles. The van der Waals surface area contributed by atoms with Crippen LogP contribution in [0, 0.1) is 0 Å². The molecule has 0 atom stereocenters. The Hall–Kier alpha value is -4.36. The van der Waals surface area contributed by atoms with Crippen molar-refractivity contribution in [2.24, 2.45) is 0 Å². The average Bonchev–Trinajstić information content (AvgIpc) is 3.25. The third-order valence-corrected chi connectivity index (χ3v) is 7.28. The molecule has 7 heteroatoms. The summed E-state index contributed by atoms with van der Waals surface area (Å²) in [6.45, 7) is 9.08. The maximum atomic E-state index is 13.4. The smallest absolute Gasteiger partial charge is 0.338 e. The van der Waals surface area contributed by atoms with Crippen LogP contribution in [0.15, 0.2) is 85.2 Å². The highest BCUT2D eigenvalue weighted by atomic mass is 32.1. The molecule has 0 bridgehead atoms. The van der Waals surface area contributed by atoms with Gasteiger partial charge in [0.2, 0.25) is 0 Å².